The first kappa shape index (κ1) is 36.2. The molecule has 0 saturated heterocycles. The first-order chi connectivity index (χ1) is 16.2. The first-order valence-electron chi connectivity index (χ1n) is 11.0. The molecule has 2 atom stereocenters. The normalized spacial score (nSPS) is 13.0. The van der Waals surface area contributed by atoms with E-state index < -0.39 is 32.0 Å². The molecule has 14 nitrogen and oxygen atoms in total. The topological polar surface area (TPSA) is 194 Å². The van der Waals surface area contributed by atoms with Crippen LogP contribution < -0.4 is 50.4 Å². The van der Waals surface area contributed by atoms with Gasteiger partial charge in [0.15, 0.2) is 0 Å². The Morgan fingerprint density at radius 2 is 1.40 bits per heavy atom. The number of alkyl carbamates (subject to hydrolysis) is 2. The zero-order valence-electron chi connectivity index (χ0n) is 20.7. The average molecular weight is 537 g/mol. The van der Waals surface area contributed by atoms with Gasteiger partial charge < -0.3 is 49.2 Å². The van der Waals surface area contributed by atoms with E-state index in [0.717, 1.165) is 0 Å². The van der Waals surface area contributed by atoms with E-state index in [4.69, 9.17) is 23.8 Å². The molecule has 0 spiro atoms. The number of phosphoric acid groups is 1. The quantitative estimate of drug-likeness (QED) is 0.0704. The van der Waals surface area contributed by atoms with Crippen molar-refractivity contribution in [3.8, 4) is 0 Å². The molecular weight excluding hydrogens is 500 g/mol. The van der Waals surface area contributed by atoms with Crippen molar-refractivity contribution >= 4 is 25.9 Å². The number of phosphoric ester groups is 1. The number of ether oxygens (including phenoxy) is 4. The number of nitrogens with one attached hydrogen (secondary N) is 3. The second-order valence-electron chi connectivity index (χ2n) is 7.03. The van der Waals surface area contributed by atoms with Crippen molar-refractivity contribution in [2.75, 3.05) is 60.3 Å². The van der Waals surface area contributed by atoms with Crippen LogP contribution in [-0.2, 0) is 32.8 Å². The van der Waals surface area contributed by atoms with Crippen LogP contribution in [0.5, 0.6) is 0 Å². The standard InChI is InChI=1S/C19H38N3O11P.Na/c1-29-12-14-31-18(24)21-10-6-4-8-16(22-19(25)32-15-13-30-2)17(23)20-9-5-3-7-11-33-34(26,27)28;/h16H,3-15H2,1-2H3,(H,20,23)(H,21,24)(H,22,25)(H2,26,27,28);/q;+1/p-1/t16-;/m0./s1. The van der Waals surface area contributed by atoms with Crippen LogP contribution in [0, 0.1) is 0 Å². The summed E-state index contributed by atoms with van der Waals surface area (Å²) in [6.07, 6.45) is 1.58. The summed E-state index contributed by atoms with van der Waals surface area (Å²) >= 11 is 0. The van der Waals surface area contributed by atoms with Crippen molar-refractivity contribution < 1.29 is 81.8 Å². The molecule has 3 amide bonds. The summed E-state index contributed by atoms with van der Waals surface area (Å²) in [7, 11) is -1.75. The Labute approximate surface area is 228 Å². The van der Waals surface area contributed by atoms with Gasteiger partial charge in [-0.1, -0.05) is 0 Å². The third kappa shape index (κ3) is 24.5. The number of hydrogen-bond donors (Lipinski definition) is 4. The number of methoxy groups -OCH3 is 2. The van der Waals surface area contributed by atoms with Gasteiger partial charge in [0.25, 0.3) is 7.82 Å². The van der Waals surface area contributed by atoms with E-state index in [9.17, 15) is 23.8 Å². The largest absolute Gasteiger partial charge is 1.00 e. The van der Waals surface area contributed by atoms with E-state index >= 15 is 0 Å². The fraction of sp³-hybridized carbons (Fsp3) is 0.842. The summed E-state index contributed by atoms with van der Waals surface area (Å²) in [5.74, 6) is -0.397. The molecule has 4 N–H and O–H groups in total. The van der Waals surface area contributed by atoms with Gasteiger partial charge >= 0.3 is 41.7 Å². The van der Waals surface area contributed by atoms with Crippen molar-refractivity contribution in [2.24, 2.45) is 0 Å². The Morgan fingerprint density at radius 3 is 2.00 bits per heavy atom. The summed E-state index contributed by atoms with van der Waals surface area (Å²) in [6, 6.07) is -0.840. The molecule has 0 aliphatic rings. The smallest absolute Gasteiger partial charge is 0.756 e. The minimum absolute atomic E-state index is 0. The molecule has 0 bridgehead atoms. The minimum Gasteiger partial charge on any atom is -0.756 e. The Morgan fingerprint density at radius 1 is 0.829 bits per heavy atom. The molecule has 0 aromatic carbocycles. The maximum absolute atomic E-state index is 12.5. The SMILES string of the molecule is COCCOC(=O)NCCCC[C@H](NC(=O)OCCOC)C(=O)NCCCCCOP(=O)([O-])O.[Na+]. The maximum atomic E-state index is 12.5. The van der Waals surface area contributed by atoms with Crippen LogP contribution in [0.3, 0.4) is 0 Å². The van der Waals surface area contributed by atoms with Gasteiger partial charge in [-0.3, -0.25) is 9.36 Å². The van der Waals surface area contributed by atoms with Crippen LogP contribution in [0.1, 0.15) is 38.5 Å². The van der Waals surface area contributed by atoms with Crippen molar-refractivity contribution in [3.63, 3.8) is 0 Å². The van der Waals surface area contributed by atoms with Crippen molar-refractivity contribution in [2.45, 2.75) is 44.6 Å². The molecule has 0 radical (unpaired) electrons. The zero-order chi connectivity index (χ0) is 25.7. The molecule has 1 unspecified atom stereocenters. The number of hydrogen-bond acceptors (Lipinski definition) is 10. The molecule has 0 heterocycles. The Balaban J connectivity index is 0. The van der Waals surface area contributed by atoms with Gasteiger partial charge in [0, 0.05) is 27.3 Å². The van der Waals surface area contributed by atoms with E-state index in [-0.39, 0.29) is 56.0 Å². The molecule has 0 fully saturated rings. The number of rotatable bonds is 20. The second kappa shape index (κ2) is 23.4. The number of amides is 3. The first-order valence-corrected chi connectivity index (χ1v) is 12.5. The van der Waals surface area contributed by atoms with Crippen LogP contribution in [0.2, 0.25) is 0 Å². The van der Waals surface area contributed by atoms with Gasteiger partial charge in [-0.15, -0.1) is 0 Å². The van der Waals surface area contributed by atoms with Gasteiger partial charge in [-0.25, -0.2) is 9.59 Å². The summed E-state index contributed by atoms with van der Waals surface area (Å²) < 4.78 is 34.1. The number of unbranched alkanes of at least 4 members (excludes halogenated alkanes) is 3. The van der Waals surface area contributed by atoms with Crippen LogP contribution in [0.15, 0.2) is 0 Å². The van der Waals surface area contributed by atoms with Gasteiger partial charge in [0.2, 0.25) is 5.91 Å². The zero-order valence-corrected chi connectivity index (χ0v) is 23.6. The number of carbonyl (C=O) groups excluding carboxylic acids is 3. The molecule has 0 saturated carbocycles. The molecule has 0 aromatic heterocycles. The maximum Gasteiger partial charge on any atom is 1.00 e. The van der Waals surface area contributed by atoms with E-state index in [0.29, 0.717) is 58.2 Å². The third-order valence-electron chi connectivity index (χ3n) is 4.21. The van der Waals surface area contributed by atoms with Crippen LogP contribution in [-0.4, -0.2) is 89.4 Å². The molecule has 16 heteroatoms. The number of carbonyl (C=O) groups is 3. The van der Waals surface area contributed by atoms with Crippen molar-refractivity contribution in [1.82, 2.24) is 16.0 Å². The molecule has 0 aliphatic carbocycles. The molecule has 200 valence electrons. The molecular formula is C19H37N3NaO11P. The van der Waals surface area contributed by atoms with Gasteiger partial charge in [-0.05, 0) is 38.5 Å². The van der Waals surface area contributed by atoms with Crippen molar-refractivity contribution in [3.05, 3.63) is 0 Å². The van der Waals surface area contributed by atoms with E-state index in [2.05, 4.69) is 20.5 Å². The Hall–Kier alpha value is -0.960. The van der Waals surface area contributed by atoms with E-state index in [1.54, 1.807) is 0 Å². The van der Waals surface area contributed by atoms with Gasteiger partial charge in [0.1, 0.15) is 19.3 Å². The minimum atomic E-state index is -4.72. The fourth-order valence-corrected chi connectivity index (χ4v) is 2.88. The fourth-order valence-electron chi connectivity index (χ4n) is 2.52. The van der Waals surface area contributed by atoms with Crippen LogP contribution in [0.4, 0.5) is 9.59 Å². The summed E-state index contributed by atoms with van der Waals surface area (Å²) in [5, 5.41) is 7.81. The monoisotopic (exact) mass is 537 g/mol. The van der Waals surface area contributed by atoms with E-state index in [1.165, 1.54) is 14.2 Å². The van der Waals surface area contributed by atoms with Gasteiger partial charge in [0.05, 0.1) is 19.8 Å². The Bertz CT molecular complexity index is 625. The molecule has 35 heavy (non-hydrogen) atoms. The predicted molar refractivity (Wildman–Crippen MR) is 118 cm³/mol. The second-order valence-corrected chi connectivity index (χ2v) is 8.23. The Kier molecular flexibility index (Phi) is 24.2. The van der Waals surface area contributed by atoms with E-state index in [1.807, 2.05) is 0 Å². The molecule has 0 aromatic rings. The summed E-state index contributed by atoms with van der Waals surface area (Å²) in [5.41, 5.74) is 0. The molecule has 0 aliphatic heterocycles. The average Bonchev–Trinajstić information content (AvgIpc) is 2.76. The van der Waals surface area contributed by atoms with Crippen molar-refractivity contribution in [1.29, 1.82) is 0 Å². The third-order valence-corrected chi connectivity index (χ3v) is 4.72. The van der Waals surface area contributed by atoms with Crippen LogP contribution in [0.25, 0.3) is 0 Å². The summed E-state index contributed by atoms with van der Waals surface area (Å²) in [6.45, 7) is 1.21. The summed E-state index contributed by atoms with van der Waals surface area (Å²) in [4.78, 5) is 54.9. The van der Waals surface area contributed by atoms with Gasteiger partial charge in [-0.2, -0.15) is 0 Å². The van der Waals surface area contributed by atoms with Crippen LogP contribution >= 0.6 is 7.82 Å². The molecule has 0 rings (SSSR count). The predicted octanol–water partition coefficient (Wildman–Crippen LogP) is -2.96.